The lowest BCUT2D eigenvalue weighted by molar-refractivity contribution is -0.210. The van der Waals surface area contributed by atoms with Crippen LogP contribution < -0.4 is 15.4 Å². The van der Waals surface area contributed by atoms with Crippen molar-refractivity contribution in [2.24, 2.45) is 4.99 Å². The van der Waals surface area contributed by atoms with Crippen molar-refractivity contribution in [3.05, 3.63) is 29.8 Å². The van der Waals surface area contributed by atoms with Crippen molar-refractivity contribution in [3.63, 3.8) is 0 Å². The van der Waals surface area contributed by atoms with Crippen LogP contribution in [0.2, 0.25) is 0 Å². The maximum atomic E-state index is 12.1. The Morgan fingerprint density at radius 2 is 2.03 bits per heavy atom. The third-order valence-electron chi connectivity index (χ3n) is 5.81. The van der Waals surface area contributed by atoms with Gasteiger partial charge in [0.25, 0.3) is 0 Å². The van der Waals surface area contributed by atoms with Crippen LogP contribution >= 0.6 is 0 Å². The fourth-order valence-electron chi connectivity index (χ4n) is 3.97. The van der Waals surface area contributed by atoms with E-state index in [1.807, 2.05) is 18.2 Å². The Bertz CT molecular complexity index is 794. The molecular formula is C22H32N4O5. The largest absolute Gasteiger partial charge is 0.493 e. The van der Waals surface area contributed by atoms with Crippen molar-refractivity contribution < 1.29 is 23.7 Å². The number of benzene rings is 1. The molecule has 1 aromatic carbocycles. The number of para-hydroxylation sites is 1. The molecule has 0 radical (unpaired) electrons. The van der Waals surface area contributed by atoms with Crippen LogP contribution in [-0.4, -0.2) is 82.3 Å². The highest BCUT2D eigenvalue weighted by Crippen LogP contribution is 2.33. The quantitative estimate of drug-likeness (QED) is 0.531. The number of guanidine groups is 1. The highest BCUT2D eigenvalue weighted by Gasteiger charge is 2.42. The Balaban J connectivity index is 1.40. The van der Waals surface area contributed by atoms with E-state index >= 15 is 0 Å². The van der Waals surface area contributed by atoms with Crippen molar-refractivity contribution in [1.29, 1.82) is 0 Å². The summed E-state index contributed by atoms with van der Waals surface area (Å²) in [7, 11) is 3.45. The minimum atomic E-state index is -0.518. The van der Waals surface area contributed by atoms with Crippen molar-refractivity contribution in [2.75, 3.05) is 53.6 Å². The second-order valence-electron chi connectivity index (χ2n) is 8.28. The second-order valence-corrected chi connectivity index (χ2v) is 8.28. The number of carbonyl (C=O) groups is 1. The Labute approximate surface area is 183 Å². The van der Waals surface area contributed by atoms with E-state index in [0.717, 1.165) is 30.6 Å². The highest BCUT2D eigenvalue weighted by molar-refractivity contribution is 5.85. The van der Waals surface area contributed by atoms with Gasteiger partial charge in [-0.1, -0.05) is 18.2 Å². The number of nitrogens with one attached hydrogen (secondary N) is 2. The van der Waals surface area contributed by atoms with Crippen LogP contribution in [0.3, 0.4) is 0 Å². The van der Waals surface area contributed by atoms with Gasteiger partial charge in [0, 0.05) is 45.5 Å². The van der Waals surface area contributed by atoms with Gasteiger partial charge in [-0.15, -0.1) is 0 Å². The van der Waals surface area contributed by atoms with Gasteiger partial charge in [-0.25, -0.2) is 4.99 Å². The molecule has 3 heterocycles. The molecule has 31 heavy (non-hydrogen) atoms. The molecule has 0 aliphatic carbocycles. The first kappa shape index (κ1) is 21.9. The average molecular weight is 433 g/mol. The van der Waals surface area contributed by atoms with E-state index in [1.54, 1.807) is 14.1 Å². The van der Waals surface area contributed by atoms with Crippen molar-refractivity contribution >= 4 is 11.9 Å². The molecule has 3 aliphatic rings. The predicted octanol–water partition coefficient (Wildman–Crippen LogP) is 1.06. The summed E-state index contributed by atoms with van der Waals surface area (Å²) in [6, 6.07) is 8.04. The molecule has 2 saturated heterocycles. The number of likely N-dealkylation sites (N-methyl/N-ethyl adjacent to an activating group) is 1. The molecule has 2 atom stereocenters. The van der Waals surface area contributed by atoms with E-state index in [2.05, 4.69) is 21.7 Å². The summed E-state index contributed by atoms with van der Waals surface area (Å²) in [5, 5.41) is 6.82. The number of ether oxygens (including phenoxy) is 4. The summed E-state index contributed by atoms with van der Waals surface area (Å²) in [5.41, 5.74) is 1.09. The van der Waals surface area contributed by atoms with Gasteiger partial charge in [0.1, 0.15) is 18.4 Å². The molecule has 1 spiro atoms. The van der Waals surface area contributed by atoms with Crippen molar-refractivity contribution in [2.45, 2.75) is 37.2 Å². The first-order chi connectivity index (χ1) is 15.0. The number of hydrogen-bond acceptors (Lipinski definition) is 6. The number of amides is 1. The lowest BCUT2D eigenvalue weighted by Gasteiger charge is -2.32. The standard InChI is InChI=1S/C22H32N4O5/c1-26(2)20(27)14-24-21(25-18-7-10-29-19-6-4-3-5-17(18)19)23-13-16-15-30-22(31-16)8-11-28-12-9-22/h3-6,16,18H,7-15H2,1-2H3,(H2,23,24,25). The first-order valence-electron chi connectivity index (χ1n) is 10.9. The molecule has 170 valence electrons. The fourth-order valence-corrected chi connectivity index (χ4v) is 3.97. The fraction of sp³-hybridized carbons (Fsp3) is 0.636. The van der Waals surface area contributed by atoms with Crippen LogP contribution in [0.15, 0.2) is 29.3 Å². The molecule has 1 aromatic rings. The van der Waals surface area contributed by atoms with Gasteiger partial charge >= 0.3 is 0 Å². The summed E-state index contributed by atoms with van der Waals surface area (Å²) in [6.45, 7) is 3.07. The number of fused-ring (bicyclic) bond motifs is 1. The van der Waals surface area contributed by atoms with E-state index in [9.17, 15) is 4.79 Å². The zero-order valence-electron chi connectivity index (χ0n) is 18.3. The molecule has 2 N–H and O–H groups in total. The smallest absolute Gasteiger partial charge is 0.243 e. The second kappa shape index (κ2) is 9.84. The zero-order chi connectivity index (χ0) is 21.7. The molecule has 9 nitrogen and oxygen atoms in total. The molecule has 0 saturated carbocycles. The molecule has 9 heteroatoms. The lowest BCUT2D eigenvalue weighted by Crippen LogP contribution is -2.45. The maximum Gasteiger partial charge on any atom is 0.243 e. The number of rotatable bonds is 5. The molecule has 0 aromatic heterocycles. The van der Waals surface area contributed by atoms with E-state index in [0.29, 0.717) is 38.9 Å². The summed E-state index contributed by atoms with van der Waals surface area (Å²) < 4.78 is 23.4. The van der Waals surface area contributed by atoms with E-state index < -0.39 is 5.79 Å². The van der Waals surface area contributed by atoms with Crippen LogP contribution in [0.25, 0.3) is 0 Å². The minimum absolute atomic E-state index is 0.0493. The van der Waals surface area contributed by atoms with Gasteiger partial charge in [0.15, 0.2) is 11.7 Å². The first-order valence-corrected chi connectivity index (χ1v) is 10.9. The third kappa shape index (κ3) is 5.47. The topological polar surface area (TPSA) is 93.7 Å². The number of hydrogen-bond donors (Lipinski definition) is 2. The summed E-state index contributed by atoms with van der Waals surface area (Å²) >= 11 is 0. The molecule has 3 aliphatic heterocycles. The van der Waals surface area contributed by atoms with Crippen LogP contribution in [0.4, 0.5) is 0 Å². The molecule has 0 bridgehead atoms. The normalized spacial score (nSPS) is 24.9. The number of aliphatic imine (C=N–C) groups is 1. The minimum Gasteiger partial charge on any atom is -0.493 e. The molecule has 2 unspecified atom stereocenters. The Kier molecular flexibility index (Phi) is 6.94. The summed E-state index contributed by atoms with van der Waals surface area (Å²) in [5.74, 6) is 0.878. The van der Waals surface area contributed by atoms with Gasteiger partial charge in [-0.2, -0.15) is 0 Å². The lowest BCUT2D eigenvalue weighted by atomic mass is 10.0. The molecular weight excluding hydrogens is 400 g/mol. The summed E-state index contributed by atoms with van der Waals surface area (Å²) in [4.78, 5) is 18.1. The Morgan fingerprint density at radius 3 is 2.84 bits per heavy atom. The van der Waals surface area contributed by atoms with Gasteiger partial charge in [-0.05, 0) is 6.07 Å². The molecule has 4 rings (SSSR count). The number of carbonyl (C=O) groups excluding carboxylic acids is 1. The Morgan fingerprint density at radius 1 is 1.23 bits per heavy atom. The third-order valence-corrected chi connectivity index (χ3v) is 5.81. The zero-order valence-corrected chi connectivity index (χ0v) is 18.3. The van der Waals surface area contributed by atoms with Gasteiger partial charge in [-0.3, -0.25) is 4.79 Å². The van der Waals surface area contributed by atoms with Gasteiger partial charge in [0.05, 0.1) is 32.5 Å². The Hall–Kier alpha value is -2.36. The van der Waals surface area contributed by atoms with Crippen molar-refractivity contribution in [1.82, 2.24) is 15.5 Å². The average Bonchev–Trinajstić information content (AvgIpc) is 3.17. The predicted molar refractivity (Wildman–Crippen MR) is 115 cm³/mol. The van der Waals surface area contributed by atoms with E-state index in [1.165, 1.54) is 4.90 Å². The van der Waals surface area contributed by atoms with Crippen LogP contribution in [-0.2, 0) is 19.0 Å². The van der Waals surface area contributed by atoms with Crippen molar-refractivity contribution in [3.8, 4) is 5.75 Å². The number of nitrogens with zero attached hydrogens (tertiary/aromatic N) is 2. The molecule has 1 amide bonds. The van der Waals surface area contributed by atoms with Crippen LogP contribution in [0, 0.1) is 0 Å². The monoisotopic (exact) mass is 432 g/mol. The van der Waals surface area contributed by atoms with E-state index in [-0.39, 0.29) is 24.6 Å². The highest BCUT2D eigenvalue weighted by atomic mass is 16.7. The van der Waals surface area contributed by atoms with Gasteiger partial charge in [0.2, 0.25) is 5.91 Å². The van der Waals surface area contributed by atoms with Crippen LogP contribution in [0.5, 0.6) is 5.75 Å². The van der Waals surface area contributed by atoms with Gasteiger partial charge < -0.3 is 34.5 Å². The maximum absolute atomic E-state index is 12.1. The SMILES string of the molecule is CN(C)C(=O)CN=C(NCC1COC2(CCOCC2)O1)NC1CCOc2ccccc21. The van der Waals surface area contributed by atoms with Crippen LogP contribution in [0.1, 0.15) is 30.9 Å². The van der Waals surface area contributed by atoms with E-state index in [4.69, 9.17) is 18.9 Å². The molecule has 2 fully saturated rings. The summed E-state index contributed by atoms with van der Waals surface area (Å²) in [6.07, 6.45) is 2.22.